The second-order valence-corrected chi connectivity index (χ2v) is 6.27. The number of nitrogens with zero attached hydrogens (tertiary/aromatic N) is 5. The zero-order valence-corrected chi connectivity index (χ0v) is 14.6. The molecule has 0 aliphatic rings. The fourth-order valence-electron chi connectivity index (χ4n) is 2.99. The second kappa shape index (κ2) is 6.55. The number of para-hydroxylation sites is 1. The Kier molecular flexibility index (Phi) is 3.76. The first-order chi connectivity index (χ1) is 13.8. The summed E-state index contributed by atoms with van der Waals surface area (Å²) in [5.41, 5.74) is 4.27. The average molecular weight is 366 g/mol. The highest BCUT2D eigenvalue weighted by Crippen LogP contribution is 2.20. The number of fused-ring (bicyclic) bond motifs is 2. The summed E-state index contributed by atoms with van der Waals surface area (Å²) in [5, 5.41) is 16.1. The van der Waals surface area contributed by atoms with E-state index in [2.05, 4.69) is 25.6 Å². The van der Waals surface area contributed by atoms with Gasteiger partial charge in [0, 0.05) is 16.6 Å². The molecule has 2 aromatic carbocycles. The van der Waals surface area contributed by atoms with Gasteiger partial charge in [-0.25, -0.2) is 4.98 Å². The van der Waals surface area contributed by atoms with Gasteiger partial charge in [-0.1, -0.05) is 36.4 Å². The maximum atomic E-state index is 12.5. The summed E-state index contributed by atoms with van der Waals surface area (Å²) in [5.74, 6) is -0.248. The van der Waals surface area contributed by atoms with Crippen LogP contribution in [0.15, 0.2) is 79.1 Å². The highest BCUT2D eigenvalue weighted by molar-refractivity contribution is 6.04. The van der Waals surface area contributed by atoms with Gasteiger partial charge in [-0.3, -0.25) is 4.79 Å². The maximum Gasteiger partial charge on any atom is 0.274 e. The molecule has 7 nitrogen and oxygen atoms in total. The van der Waals surface area contributed by atoms with E-state index in [1.54, 1.807) is 16.9 Å². The van der Waals surface area contributed by atoms with Crippen molar-refractivity contribution in [1.29, 1.82) is 0 Å². The van der Waals surface area contributed by atoms with E-state index in [9.17, 15) is 4.79 Å². The van der Waals surface area contributed by atoms with Crippen LogP contribution in [-0.2, 0) is 0 Å². The molecule has 0 aliphatic heterocycles. The molecule has 5 aromatic rings. The van der Waals surface area contributed by atoms with Gasteiger partial charge in [0.25, 0.3) is 5.91 Å². The quantitative estimate of drug-likeness (QED) is 0.527. The fraction of sp³-hybridized carbons (Fsp3) is 0. The number of carbonyl (C=O) groups excluding carboxylic acids is 1. The van der Waals surface area contributed by atoms with Crippen LogP contribution in [0.25, 0.3) is 27.8 Å². The topological polar surface area (TPSA) is 85.1 Å². The maximum absolute atomic E-state index is 12.5. The van der Waals surface area contributed by atoms with Gasteiger partial charge in [0.05, 0.1) is 11.2 Å². The van der Waals surface area contributed by atoms with Crippen LogP contribution in [0.3, 0.4) is 0 Å². The summed E-state index contributed by atoms with van der Waals surface area (Å²) in [6.45, 7) is 0. The van der Waals surface area contributed by atoms with Crippen LogP contribution in [0.5, 0.6) is 0 Å². The summed E-state index contributed by atoms with van der Waals surface area (Å²) < 4.78 is 1.62. The van der Waals surface area contributed by atoms with Crippen molar-refractivity contribution in [2.45, 2.75) is 0 Å². The largest absolute Gasteiger partial charge is 0.321 e. The number of carbonyl (C=O) groups is 1. The van der Waals surface area contributed by atoms with Crippen LogP contribution in [0.2, 0.25) is 0 Å². The van der Waals surface area contributed by atoms with Crippen molar-refractivity contribution in [2.75, 3.05) is 5.32 Å². The molecule has 0 atom stereocenters. The first kappa shape index (κ1) is 16.1. The Balaban J connectivity index is 1.36. The van der Waals surface area contributed by atoms with E-state index in [-0.39, 0.29) is 5.91 Å². The van der Waals surface area contributed by atoms with Crippen molar-refractivity contribution in [3.63, 3.8) is 0 Å². The highest BCUT2D eigenvalue weighted by Gasteiger charge is 2.09. The normalized spacial score (nSPS) is 11.0. The molecule has 0 spiro atoms. The molecule has 3 aromatic heterocycles. The lowest BCUT2D eigenvalue weighted by molar-refractivity contribution is 0.102. The third kappa shape index (κ3) is 2.95. The van der Waals surface area contributed by atoms with Crippen LogP contribution < -0.4 is 5.32 Å². The number of amides is 1. The van der Waals surface area contributed by atoms with E-state index in [1.807, 2.05) is 66.7 Å². The molecule has 0 fully saturated rings. The predicted molar refractivity (Wildman–Crippen MR) is 106 cm³/mol. The van der Waals surface area contributed by atoms with Crippen LogP contribution in [-0.4, -0.2) is 30.7 Å². The van der Waals surface area contributed by atoms with Crippen molar-refractivity contribution < 1.29 is 4.79 Å². The summed E-state index contributed by atoms with van der Waals surface area (Å²) >= 11 is 0. The smallest absolute Gasteiger partial charge is 0.274 e. The van der Waals surface area contributed by atoms with Crippen LogP contribution in [0.4, 0.5) is 5.69 Å². The Labute approximate surface area is 159 Å². The van der Waals surface area contributed by atoms with E-state index < -0.39 is 0 Å². The van der Waals surface area contributed by atoms with E-state index in [4.69, 9.17) is 0 Å². The number of hydrogen-bond donors (Lipinski definition) is 1. The van der Waals surface area contributed by atoms with Gasteiger partial charge < -0.3 is 5.32 Å². The number of anilines is 1. The Morgan fingerprint density at radius 2 is 1.75 bits per heavy atom. The molecule has 0 aliphatic carbocycles. The molecule has 7 heteroatoms. The molecule has 0 unspecified atom stereocenters. The monoisotopic (exact) mass is 366 g/mol. The molecule has 134 valence electrons. The predicted octanol–water partition coefficient (Wildman–Crippen LogP) is 3.59. The molecule has 0 saturated carbocycles. The first-order valence-electron chi connectivity index (χ1n) is 8.71. The van der Waals surface area contributed by atoms with E-state index in [1.165, 1.54) is 0 Å². The van der Waals surface area contributed by atoms with Crippen LogP contribution in [0, 0.1) is 0 Å². The van der Waals surface area contributed by atoms with Crippen molar-refractivity contribution in [3.8, 4) is 11.3 Å². The molecule has 1 N–H and O–H groups in total. The van der Waals surface area contributed by atoms with Crippen LogP contribution in [0.1, 0.15) is 10.5 Å². The molecule has 5 rings (SSSR count). The van der Waals surface area contributed by atoms with Gasteiger partial charge in [-0.15, -0.1) is 10.2 Å². The minimum atomic E-state index is -0.248. The van der Waals surface area contributed by atoms with E-state index >= 15 is 0 Å². The number of pyridine rings is 1. The van der Waals surface area contributed by atoms with Crippen molar-refractivity contribution in [2.24, 2.45) is 0 Å². The minimum Gasteiger partial charge on any atom is -0.321 e. The molecular formula is C21H14N6O. The fourth-order valence-corrected chi connectivity index (χ4v) is 2.99. The number of rotatable bonds is 3. The number of hydrogen-bond acceptors (Lipinski definition) is 5. The Morgan fingerprint density at radius 1 is 0.893 bits per heavy atom. The summed E-state index contributed by atoms with van der Waals surface area (Å²) in [4.78, 5) is 17.0. The average Bonchev–Trinajstić information content (AvgIpc) is 3.22. The Hall–Kier alpha value is -4.13. The van der Waals surface area contributed by atoms with Gasteiger partial charge in [-0.2, -0.15) is 9.61 Å². The molecular weight excluding hydrogens is 352 g/mol. The van der Waals surface area contributed by atoms with Crippen molar-refractivity contribution >= 4 is 28.1 Å². The lowest BCUT2D eigenvalue weighted by atomic mass is 10.1. The third-order valence-electron chi connectivity index (χ3n) is 4.43. The molecule has 3 heterocycles. The van der Waals surface area contributed by atoms with Gasteiger partial charge in [0.15, 0.2) is 5.65 Å². The number of benzene rings is 2. The van der Waals surface area contributed by atoms with Gasteiger partial charge in [0.1, 0.15) is 12.0 Å². The Morgan fingerprint density at radius 3 is 2.64 bits per heavy atom. The SMILES string of the molecule is O=C(Nc1ccc(-c2ccc3nncn3n2)cc1)c1ccc2ccccc2n1. The molecule has 1 amide bonds. The standard InChI is InChI=1S/C21H14N6O/c28-21(19-10-7-14-3-1-2-4-17(14)24-19)23-16-8-5-15(6-9-16)18-11-12-20-25-22-13-27(20)26-18/h1-13H,(H,23,28). The number of aromatic nitrogens is 5. The lowest BCUT2D eigenvalue weighted by Crippen LogP contribution is -2.13. The van der Waals surface area contributed by atoms with Crippen molar-refractivity contribution in [3.05, 3.63) is 84.8 Å². The first-order valence-corrected chi connectivity index (χ1v) is 8.71. The third-order valence-corrected chi connectivity index (χ3v) is 4.43. The minimum absolute atomic E-state index is 0.248. The van der Waals surface area contributed by atoms with Gasteiger partial charge in [-0.05, 0) is 36.4 Å². The van der Waals surface area contributed by atoms with Crippen LogP contribution >= 0.6 is 0 Å². The molecule has 0 radical (unpaired) electrons. The van der Waals surface area contributed by atoms with E-state index in [0.717, 1.165) is 22.2 Å². The summed E-state index contributed by atoms with van der Waals surface area (Å²) in [6, 6.07) is 22.6. The van der Waals surface area contributed by atoms with Gasteiger partial charge in [0.2, 0.25) is 0 Å². The second-order valence-electron chi connectivity index (χ2n) is 6.27. The molecule has 0 bridgehead atoms. The van der Waals surface area contributed by atoms with Crippen molar-refractivity contribution in [1.82, 2.24) is 24.8 Å². The zero-order valence-electron chi connectivity index (χ0n) is 14.6. The lowest BCUT2D eigenvalue weighted by Gasteiger charge is -2.07. The highest BCUT2D eigenvalue weighted by atomic mass is 16.1. The Bertz CT molecular complexity index is 1310. The summed E-state index contributed by atoms with van der Waals surface area (Å²) in [6.07, 6.45) is 1.56. The summed E-state index contributed by atoms with van der Waals surface area (Å²) in [7, 11) is 0. The molecule has 28 heavy (non-hydrogen) atoms. The van der Waals surface area contributed by atoms with E-state index in [0.29, 0.717) is 17.0 Å². The van der Waals surface area contributed by atoms with Gasteiger partial charge >= 0.3 is 0 Å². The number of nitrogens with one attached hydrogen (secondary N) is 1. The zero-order chi connectivity index (χ0) is 18.9. The molecule has 0 saturated heterocycles.